The first kappa shape index (κ1) is 10.3. The summed E-state index contributed by atoms with van der Waals surface area (Å²) in [5, 5.41) is 7.11. The summed E-state index contributed by atoms with van der Waals surface area (Å²) in [7, 11) is 0. The molecule has 0 aromatic carbocycles. The van der Waals surface area contributed by atoms with Gasteiger partial charge in [0.15, 0.2) is 5.82 Å². The van der Waals surface area contributed by atoms with Gasteiger partial charge in [-0.05, 0) is 26.3 Å². The zero-order chi connectivity index (χ0) is 10.7. The molecule has 1 aromatic rings. The summed E-state index contributed by atoms with van der Waals surface area (Å²) in [5.41, 5.74) is 0. The minimum Gasteiger partial charge on any atom is -0.338 e. The largest absolute Gasteiger partial charge is 0.338 e. The van der Waals surface area contributed by atoms with Crippen molar-refractivity contribution >= 4 is 5.78 Å². The summed E-state index contributed by atoms with van der Waals surface area (Å²) >= 11 is 0. The number of piperidine rings is 1. The van der Waals surface area contributed by atoms with Crippen LogP contribution >= 0.6 is 0 Å². The van der Waals surface area contributed by atoms with Crippen LogP contribution in [-0.2, 0) is 11.2 Å². The predicted molar refractivity (Wildman–Crippen MR) is 53.3 cm³/mol. The molecule has 15 heavy (non-hydrogen) atoms. The topological polar surface area (TPSA) is 68.0 Å². The van der Waals surface area contributed by atoms with Gasteiger partial charge in [0, 0.05) is 0 Å². The maximum absolute atomic E-state index is 10.9. The van der Waals surface area contributed by atoms with Crippen LogP contribution in [0.5, 0.6) is 0 Å². The molecule has 2 heterocycles. The van der Waals surface area contributed by atoms with Crippen molar-refractivity contribution < 1.29 is 9.32 Å². The number of ketones is 1. The van der Waals surface area contributed by atoms with Crippen molar-refractivity contribution in [1.82, 2.24) is 15.5 Å². The van der Waals surface area contributed by atoms with E-state index in [1.807, 2.05) is 0 Å². The van der Waals surface area contributed by atoms with Gasteiger partial charge in [0.25, 0.3) is 0 Å². The SMILES string of the molecule is CC(=O)Cc1noc(C2CCCCN2)n1. The molecule has 1 fully saturated rings. The molecule has 5 nitrogen and oxygen atoms in total. The Bertz CT molecular complexity index is 342. The van der Waals surface area contributed by atoms with Crippen molar-refractivity contribution in [2.45, 2.75) is 38.6 Å². The highest BCUT2D eigenvalue weighted by Crippen LogP contribution is 2.21. The molecule has 1 aliphatic rings. The summed E-state index contributed by atoms with van der Waals surface area (Å²) in [6.45, 7) is 2.52. The second-order valence-electron chi connectivity index (χ2n) is 3.93. The number of rotatable bonds is 3. The van der Waals surface area contributed by atoms with Gasteiger partial charge in [-0.15, -0.1) is 0 Å². The van der Waals surface area contributed by atoms with Crippen LogP contribution in [0.4, 0.5) is 0 Å². The van der Waals surface area contributed by atoms with Crippen molar-refractivity contribution in [3.8, 4) is 0 Å². The lowest BCUT2D eigenvalue weighted by Crippen LogP contribution is -2.27. The number of nitrogens with zero attached hydrogens (tertiary/aromatic N) is 2. The molecule has 1 aromatic heterocycles. The molecular formula is C10H15N3O2. The average Bonchev–Trinajstić information content (AvgIpc) is 2.67. The number of aromatic nitrogens is 2. The summed E-state index contributed by atoms with van der Waals surface area (Å²) in [5.74, 6) is 1.16. The molecule has 0 aliphatic carbocycles. The highest BCUT2D eigenvalue weighted by Gasteiger charge is 2.20. The van der Waals surface area contributed by atoms with Gasteiger partial charge in [0.1, 0.15) is 5.78 Å². The smallest absolute Gasteiger partial charge is 0.243 e. The zero-order valence-corrected chi connectivity index (χ0v) is 8.82. The standard InChI is InChI=1S/C10H15N3O2/c1-7(14)6-9-12-10(15-13-9)8-4-2-3-5-11-8/h8,11H,2-6H2,1H3. The van der Waals surface area contributed by atoms with Crippen molar-refractivity contribution in [1.29, 1.82) is 0 Å². The van der Waals surface area contributed by atoms with Crippen molar-refractivity contribution in [2.75, 3.05) is 6.54 Å². The van der Waals surface area contributed by atoms with Gasteiger partial charge in [0.05, 0.1) is 12.5 Å². The Balaban J connectivity index is 2.02. The quantitative estimate of drug-likeness (QED) is 0.804. The minimum atomic E-state index is 0.0546. The van der Waals surface area contributed by atoms with Crippen molar-refractivity contribution in [3.63, 3.8) is 0 Å². The Hall–Kier alpha value is -1.23. The van der Waals surface area contributed by atoms with E-state index in [2.05, 4.69) is 15.5 Å². The van der Waals surface area contributed by atoms with Gasteiger partial charge >= 0.3 is 0 Å². The van der Waals surface area contributed by atoms with E-state index in [9.17, 15) is 4.79 Å². The van der Waals surface area contributed by atoms with E-state index in [-0.39, 0.29) is 18.2 Å². The Morgan fingerprint density at radius 1 is 1.60 bits per heavy atom. The number of Topliss-reactive ketones (excluding diaryl/α,β-unsaturated/α-hetero) is 1. The first-order chi connectivity index (χ1) is 7.25. The molecule has 1 aliphatic heterocycles. The second kappa shape index (κ2) is 4.53. The third kappa shape index (κ3) is 2.62. The van der Waals surface area contributed by atoms with E-state index in [1.165, 1.54) is 19.8 Å². The molecule has 82 valence electrons. The normalized spacial score (nSPS) is 21.5. The van der Waals surface area contributed by atoms with E-state index in [0.717, 1.165) is 13.0 Å². The van der Waals surface area contributed by atoms with E-state index < -0.39 is 0 Å². The van der Waals surface area contributed by atoms with Gasteiger partial charge in [-0.3, -0.25) is 4.79 Å². The Kier molecular flexibility index (Phi) is 3.11. The van der Waals surface area contributed by atoms with Gasteiger partial charge in [-0.1, -0.05) is 11.6 Å². The number of hydrogen-bond acceptors (Lipinski definition) is 5. The van der Waals surface area contributed by atoms with Crippen LogP contribution < -0.4 is 5.32 Å². The molecule has 1 unspecified atom stereocenters. The maximum Gasteiger partial charge on any atom is 0.243 e. The summed E-state index contributed by atoms with van der Waals surface area (Å²) < 4.78 is 5.13. The lowest BCUT2D eigenvalue weighted by Gasteiger charge is -2.19. The van der Waals surface area contributed by atoms with Crippen molar-refractivity contribution in [2.24, 2.45) is 0 Å². The van der Waals surface area contributed by atoms with E-state index in [4.69, 9.17) is 4.52 Å². The van der Waals surface area contributed by atoms with Crippen LogP contribution in [-0.4, -0.2) is 22.5 Å². The number of carbonyl (C=O) groups excluding carboxylic acids is 1. The molecule has 0 amide bonds. The molecule has 1 N–H and O–H groups in total. The van der Waals surface area contributed by atoms with E-state index >= 15 is 0 Å². The van der Waals surface area contributed by atoms with Gasteiger partial charge in [-0.25, -0.2) is 0 Å². The number of nitrogens with one attached hydrogen (secondary N) is 1. The molecule has 0 spiro atoms. The van der Waals surface area contributed by atoms with Crippen LogP contribution in [0.15, 0.2) is 4.52 Å². The lowest BCUT2D eigenvalue weighted by atomic mass is 10.1. The summed E-state index contributed by atoms with van der Waals surface area (Å²) in [6.07, 6.45) is 3.67. The van der Waals surface area contributed by atoms with Crippen molar-refractivity contribution in [3.05, 3.63) is 11.7 Å². The third-order valence-corrected chi connectivity index (χ3v) is 2.50. The number of hydrogen-bond donors (Lipinski definition) is 1. The molecule has 0 bridgehead atoms. The van der Waals surface area contributed by atoms with Gasteiger partial charge < -0.3 is 9.84 Å². The van der Waals surface area contributed by atoms with Gasteiger partial charge in [0.2, 0.25) is 5.89 Å². The summed E-state index contributed by atoms with van der Waals surface area (Å²) in [6, 6.07) is 0.173. The van der Waals surface area contributed by atoms with Crippen LogP contribution in [0.3, 0.4) is 0 Å². The monoisotopic (exact) mass is 209 g/mol. The highest BCUT2D eigenvalue weighted by molar-refractivity contribution is 5.77. The van der Waals surface area contributed by atoms with Gasteiger partial charge in [-0.2, -0.15) is 4.98 Å². The summed E-state index contributed by atoms with van der Waals surface area (Å²) in [4.78, 5) is 15.1. The first-order valence-corrected chi connectivity index (χ1v) is 5.31. The fraction of sp³-hybridized carbons (Fsp3) is 0.700. The van der Waals surface area contributed by atoms with E-state index in [1.54, 1.807) is 0 Å². The van der Waals surface area contributed by atoms with Crippen LogP contribution in [0.2, 0.25) is 0 Å². The zero-order valence-electron chi connectivity index (χ0n) is 8.82. The highest BCUT2D eigenvalue weighted by atomic mass is 16.5. The average molecular weight is 209 g/mol. The molecule has 1 atom stereocenters. The Labute approximate surface area is 88.2 Å². The third-order valence-electron chi connectivity index (χ3n) is 2.50. The van der Waals surface area contributed by atoms with Crippen LogP contribution in [0, 0.1) is 0 Å². The predicted octanol–water partition coefficient (Wildman–Crippen LogP) is 1.02. The molecule has 2 rings (SSSR count). The maximum atomic E-state index is 10.9. The lowest BCUT2D eigenvalue weighted by molar-refractivity contribution is -0.116. The first-order valence-electron chi connectivity index (χ1n) is 5.31. The minimum absolute atomic E-state index is 0.0546. The molecule has 0 saturated carbocycles. The fourth-order valence-electron chi connectivity index (χ4n) is 1.77. The van der Waals surface area contributed by atoms with Crippen LogP contribution in [0.1, 0.15) is 43.9 Å². The van der Waals surface area contributed by atoms with Crippen LogP contribution in [0.25, 0.3) is 0 Å². The molecule has 0 radical (unpaired) electrons. The Morgan fingerprint density at radius 2 is 2.47 bits per heavy atom. The van der Waals surface area contributed by atoms with E-state index in [0.29, 0.717) is 11.7 Å². The molecule has 5 heteroatoms. The second-order valence-corrected chi connectivity index (χ2v) is 3.93. The fourth-order valence-corrected chi connectivity index (χ4v) is 1.77. The molecule has 1 saturated heterocycles. The number of carbonyl (C=O) groups is 1. The molecular weight excluding hydrogens is 194 g/mol. The Morgan fingerprint density at radius 3 is 3.13 bits per heavy atom.